The summed E-state index contributed by atoms with van der Waals surface area (Å²) in [6.45, 7) is 2.12. The fraction of sp³-hybridized carbons (Fsp3) is 0.208. The van der Waals surface area contributed by atoms with Crippen LogP contribution in [0.2, 0.25) is 0 Å². The Bertz CT molecular complexity index is 1340. The van der Waals surface area contributed by atoms with Gasteiger partial charge in [-0.15, -0.1) is 0 Å². The van der Waals surface area contributed by atoms with Gasteiger partial charge in [0.25, 0.3) is 15.9 Å². The van der Waals surface area contributed by atoms with Crippen LogP contribution in [0.15, 0.2) is 65.8 Å². The number of fused-ring (bicyclic) bond motifs is 1. The number of sulfonamides is 1. The molecule has 0 unspecified atom stereocenters. The highest BCUT2D eigenvalue weighted by Gasteiger charge is 2.23. The molecule has 3 aromatic rings. The summed E-state index contributed by atoms with van der Waals surface area (Å²) in [4.78, 5) is 30.0. The number of aromatic nitrogens is 1. The van der Waals surface area contributed by atoms with Gasteiger partial charge in [-0.2, -0.15) is 0 Å². The largest absolute Gasteiger partial charge is 0.494 e. The lowest BCUT2D eigenvalue weighted by Gasteiger charge is -2.28. The van der Waals surface area contributed by atoms with Crippen LogP contribution in [0.3, 0.4) is 0 Å². The molecule has 9 nitrogen and oxygen atoms in total. The Morgan fingerprint density at radius 1 is 1.12 bits per heavy atom. The number of nitrogens with one attached hydrogen (secondary N) is 2. The molecule has 10 heteroatoms. The van der Waals surface area contributed by atoms with Crippen LogP contribution in [-0.2, 0) is 21.2 Å². The maximum Gasteiger partial charge on any atom is 0.261 e. The maximum atomic E-state index is 13.0. The van der Waals surface area contributed by atoms with E-state index in [0.717, 1.165) is 17.7 Å². The van der Waals surface area contributed by atoms with Gasteiger partial charge >= 0.3 is 0 Å². The predicted molar refractivity (Wildman–Crippen MR) is 129 cm³/mol. The molecule has 176 valence electrons. The van der Waals surface area contributed by atoms with E-state index in [1.54, 1.807) is 41.4 Å². The van der Waals surface area contributed by atoms with Gasteiger partial charge in [0.05, 0.1) is 28.9 Å². The van der Waals surface area contributed by atoms with Crippen molar-refractivity contribution >= 4 is 38.9 Å². The average molecular weight is 481 g/mol. The Hall–Kier alpha value is -3.92. The Kier molecular flexibility index (Phi) is 6.51. The van der Waals surface area contributed by atoms with Gasteiger partial charge in [0.2, 0.25) is 5.91 Å². The second-order valence-corrected chi connectivity index (χ2v) is 9.46. The van der Waals surface area contributed by atoms with Crippen molar-refractivity contribution in [2.24, 2.45) is 0 Å². The van der Waals surface area contributed by atoms with Gasteiger partial charge < -0.3 is 15.0 Å². The smallest absolute Gasteiger partial charge is 0.261 e. The molecule has 0 spiro atoms. The molecule has 0 bridgehead atoms. The summed E-state index contributed by atoms with van der Waals surface area (Å²) in [7, 11) is -2.46. The lowest BCUT2D eigenvalue weighted by molar-refractivity contribution is -0.116. The van der Waals surface area contributed by atoms with E-state index in [0.29, 0.717) is 30.0 Å². The Labute approximate surface area is 197 Å². The van der Waals surface area contributed by atoms with E-state index in [9.17, 15) is 18.0 Å². The first-order valence-electron chi connectivity index (χ1n) is 10.6. The van der Waals surface area contributed by atoms with Crippen molar-refractivity contribution in [3.05, 3.63) is 72.1 Å². The standard InChI is InChI=1S/C24H24N4O5S/c1-16(29)28-12-4-6-17-13-20(8-10-22(17)28)34(31,32)27-19-7-9-21(23(14-19)33-2)26-24(30)18-5-3-11-25-15-18/h3,5,7-11,13-15,27H,4,6,12H2,1-2H3,(H,26,30). The number of pyridine rings is 1. The van der Waals surface area contributed by atoms with Crippen LogP contribution in [-0.4, -0.2) is 38.9 Å². The van der Waals surface area contributed by atoms with E-state index in [1.165, 1.54) is 38.4 Å². The van der Waals surface area contributed by atoms with Gasteiger partial charge in [0.15, 0.2) is 0 Å². The summed E-state index contributed by atoms with van der Waals surface area (Å²) < 4.78 is 34.0. The normalized spacial score (nSPS) is 13.1. The van der Waals surface area contributed by atoms with E-state index >= 15 is 0 Å². The molecular weight excluding hydrogens is 456 g/mol. The first-order valence-corrected chi connectivity index (χ1v) is 12.1. The molecule has 2 aromatic carbocycles. The lowest BCUT2D eigenvalue weighted by Crippen LogP contribution is -2.33. The second-order valence-electron chi connectivity index (χ2n) is 7.78. The monoisotopic (exact) mass is 480 g/mol. The van der Waals surface area contributed by atoms with E-state index < -0.39 is 10.0 Å². The summed E-state index contributed by atoms with van der Waals surface area (Å²) in [6, 6.07) is 12.6. The first kappa shape index (κ1) is 23.2. The SMILES string of the molecule is COc1cc(NS(=O)(=O)c2ccc3c(c2)CCCN3C(C)=O)ccc1NC(=O)c1cccnc1. The van der Waals surface area contributed by atoms with Gasteiger partial charge in [-0.3, -0.25) is 19.3 Å². The van der Waals surface area contributed by atoms with Gasteiger partial charge in [-0.25, -0.2) is 8.42 Å². The zero-order valence-corrected chi connectivity index (χ0v) is 19.6. The number of ether oxygens (including phenoxy) is 1. The van der Waals surface area contributed by atoms with Crippen LogP contribution in [0.25, 0.3) is 0 Å². The summed E-state index contributed by atoms with van der Waals surface area (Å²) in [5.41, 5.74) is 2.60. The van der Waals surface area contributed by atoms with Crippen LogP contribution in [0, 0.1) is 0 Å². The molecule has 0 radical (unpaired) electrons. The highest BCUT2D eigenvalue weighted by molar-refractivity contribution is 7.92. The van der Waals surface area contributed by atoms with E-state index in [4.69, 9.17) is 4.74 Å². The second kappa shape index (κ2) is 9.52. The zero-order valence-electron chi connectivity index (χ0n) is 18.7. The highest BCUT2D eigenvalue weighted by Crippen LogP contribution is 2.32. The summed E-state index contributed by atoms with van der Waals surface area (Å²) in [5, 5.41) is 2.73. The molecule has 4 rings (SSSR count). The molecule has 34 heavy (non-hydrogen) atoms. The van der Waals surface area contributed by atoms with Crippen molar-refractivity contribution in [3.63, 3.8) is 0 Å². The third-order valence-electron chi connectivity index (χ3n) is 5.49. The molecule has 2 amide bonds. The number of aryl methyl sites for hydroxylation is 1. The minimum absolute atomic E-state index is 0.0718. The van der Waals surface area contributed by atoms with Crippen molar-refractivity contribution < 1.29 is 22.7 Å². The predicted octanol–water partition coefficient (Wildman–Crippen LogP) is 3.44. The molecule has 0 saturated carbocycles. The van der Waals surface area contributed by atoms with E-state index in [-0.39, 0.29) is 22.4 Å². The molecule has 1 aromatic heterocycles. The number of amides is 2. The van der Waals surface area contributed by atoms with Crippen LogP contribution in [0.1, 0.15) is 29.3 Å². The third-order valence-corrected chi connectivity index (χ3v) is 6.86. The maximum absolute atomic E-state index is 13.0. The summed E-state index contributed by atoms with van der Waals surface area (Å²) >= 11 is 0. The zero-order chi connectivity index (χ0) is 24.3. The Morgan fingerprint density at radius 2 is 1.94 bits per heavy atom. The van der Waals surface area contributed by atoms with Crippen LogP contribution in [0.5, 0.6) is 5.75 Å². The number of anilines is 3. The van der Waals surface area contributed by atoms with Crippen LogP contribution >= 0.6 is 0 Å². The topological polar surface area (TPSA) is 118 Å². The number of carbonyl (C=O) groups excluding carboxylic acids is 2. The molecule has 0 atom stereocenters. The molecule has 0 saturated heterocycles. The van der Waals surface area contributed by atoms with Gasteiger partial charge in [-0.05, 0) is 60.9 Å². The number of carbonyl (C=O) groups is 2. The Balaban J connectivity index is 1.55. The minimum Gasteiger partial charge on any atom is -0.494 e. The molecule has 1 aliphatic rings. The van der Waals surface area contributed by atoms with Crippen LogP contribution in [0.4, 0.5) is 17.1 Å². The van der Waals surface area contributed by atoms with Crippen molar-refractivity contribution in [2.75, 3.05) is 28.6 Å². The number of nitrogens with zero attached hydrogens (tertiary/aromatic N) is 2. The Morgan fingerprint density at radius 3 is 2.65 bits per heavy atom. The van der Waals surface area contributed by atoms with E-state index in [2.05, 4.69) is 15.0 Å². The first-order chi connectivity index (χ1) is 16.3. The van der Waals surface area contributed by atoms with Crippen LogP contribution < -0.4 is 19.7 Å². The number of methoxy groups -OCH3 is 1. The van der Waals surface area contributed by atoms with Gasteiger partial charge in [0.1, 0.15) is 5.75 Å². The molecule has 2 N–H and O–H groups in total. The van der Waals surface area contributed by atoms with Crippen molar-refractivity contribution in [3.8, 4) is 5.75 Å². The average Bonchev–Trinajstić information content (AvgIpc) is 2.84. The van der Waals surface area contributed by atoms with Crippen molar-refractivity contribution in [2.45, 2.75) is 24.7 Å². The lowest BCUT2D eigenvalue weighted by atomic mass is 10.0. The van der Waals surface area contributed by atoms with Gasteiger partial charge in [0, 0.05) is 37.6 Å². The van der Waals surface area contributed by atoms with Gasteiger partial charge in [-0.1, -0.05) is 0 Å². The van der Waals surface area contributed by atoms with Crippen molar-refractivity contribution in [1.29, 1.82) is 0 Å². The summed E-state index contributed by atoms with van der Waals surface area (Å²) in [5.74, 6) is -0.147. The minimum atomic E-state index is -3.89. The molecular formula is C24H24N4O5S. The summed E-state index contributed by atoms with van der Waals surface area (Å²) in [6.07, 6.45) is 4.48. The number of hydrogen-bond acceptors (Lipinski definition) is 6. The highest BCUT2D eigenvalue weighted by atomic mass is 32.2. The fourth-order valence-corrected chi connectivity index (χ4v) is 4.93. The number of benzene rings is 2. The number of rotatable bonds is 6. The molecule has 1 aliphatic heterocycles. The number of hydrogen-bond donors (Lipinski definition) is 2. The van der Waals surface area contributed by atoms with E-state index in [1.807, 2.05) is 0 Å². The quantitative estimate of drug-likeness (QED) is 0.558. The molecule has 0 aliphatic carbocycles. The molecule has 0 fully saturated rings. The fourth-order valence-electron chi connectivity index (χ4n) is 3.83. The van der Waals surface area contributed by atoms with Crippen molar-refractivity contribution in [1.82, 2.24) is 4.98 Å². The molecule has 2 heterocycles. The third kappa shape index (κ3) is 4.86.